The number of nitrogens with zero attached hydrogens (tertiary/aromatic N) is 3. The lowest BCUT2D eigenvalue weighted by atomic mass is 10.2. The number of pyridine rings is 1. The zero-order valence-electron chi connectivity index (χ0n) is 15.4. The molecule has 1 amide bonds. The molecule has 2 aromatic heterocycles. The molecule has 3 aromatic rings. The van der Waals surface area contributed by atoms with E-state index in [1.165, 1.54) is 6.20 Å². The normalized spacial score (nSPS) is 10.7. The SMILES string of the molecule is O=C(Nc1cnn(CCCCF)c1)c1cc(COc2cc(Cl)ccc2Cl)ccn1. The van der Waals surface area contributed by atoms with Crippen LogP contribution in [0, 0.1) is 0 Å². The number of aryl methyl sites for hydroxylation is 1. The van der Waals surface area contributed by atoms with Gasteiger partial charge in [-0.15, -0.1) is 0 Å². The summed E-state index contributed by atoms with van der Waals surface area (Å²) in [6.45, 7) is 0.451. The highest BCUT2D eigenvalue weighted by Crippen LogP contribution is 2.28. The molecule has 0 aliphatic heterocycles. The van der Waals surface area contributed by atoms with E-state index in [1.807, 2.05) is 0 Å². The van der Waals surface area contributed by atoms with Gasteiger partial charge in [0.15, 0.2) is 0 Å². The van der Waals surface area contributed by atoms with Crippen molar-refractivity contribution in [2.45, 2.75) is 26.0 Å². The molecule has 0 saturated heterocycles. The third-order valence-electron chi connectivity index (χ3n) is 4.01. The van der Waals surface area contributed by atoms with Crippen molar-refractivity contribution in [3.8, 4) is 5.75 Å². The number of unbranched alkanes of at least 4 members (excludes halogenated alkanes) is 1. The Morgan fingerprint density at radius 2 is 2.07 bits per heavy atom. The lowest BCUT2D eigenvalue weighted by molar-refractivity contribution is 0.102. The Kier molecular flexibility index (Phi) is 7.43. The second-order valence-electron chi connectivity index (χ2n) is 6.26. The number of anilines is 1. The monoisotopic (exact) mass is 436 g/mol. The summed E-state index contributed by atoms with van der Waals surface area (Å²) < 4.78 is 19.5. The molecule has 0 bridgehead atoms. The van der Waals surface area contributed by atoms with Gasteiger partial charge in [0.1, 0.15) is 18.1 Å². The number of hydrogen-bond donors (Lipinski definition) is 1. The van der Waals surface area contributed by atoms with Crippen LogP contribution in [0.15, 0.2) is 48.9 Å². The van der Waals surface area contributed by atoms with Crippen LogP contribution in [0.5, 0.6) is 5.75 Å². The molecule has 0 saturated carbocycles. The number of carbonyl (C=O) groups excluding carboxylic acids is 1. The van der Waals surface area contributed by atoms with Gasteiger partial charge in [-0.25, -0.2) is 0 Å². The van der Waals surface area contributed by atoms with Crippen molar-refractivity contribution in [3.05, 3.63) is 70.2 Å². The number of nitrogens with one attached hydrogen (secondary N) is 1. The summed E-state index contributed by atoms with van der Waals surface area (Å²) in [5.41, 5.74) is 1.54. The third kappa shape index (κ3) is 6.17. The second-order valence-corrected chi connectivity index (χ2v) is 7.10. The highest BCUT2D eigenvalue weighted by atomic mass is 35.5. The molecule has 9 heteroatoms. The second kappa shape index (κ2) is 10.2. The first-order valence-corrected chi connectivity index (χ1v) is 9.73. The fourth-order valence-corrected chi connectivity index (χ4v) is 2.89. The maximum atomic E-state index is 12.5. The third-order valence-corrected chi connectivity index (χ3v) is 4.55. The van der Waals surface area contributed by atoms with Crippen molar-refractivity contribution >= 4 is 34.8 Å². The Labute approximate surface area is 177 Å². The molecule has 6 nitrogen and oxygen atoms in total. The van der Waals surface area contributed by atoms with Gasteiger partial charge < -0.3 is 10.1 Å². The quantitative estimate of drug-likeness (QED) is 0.470. The Bertz CT molecular complexity index is 981. The van der Waals surface area contributed by atoms with E-state index in [2.05, 4.69) is 15.4 Å². The molecule has 3 rings (SSSR count). The van der Waals surface area contributed by atoms with Crippen molar-refractivity contribution in [2.24, 2.45) is 0 Å². The van der Waals surface area contributed by atoms with E-state index in [4.69, 9.17) is 27.9 Å². The van der Waals surface area contributed by atoms with Crippen molar-refractivity contribution < 1.29 is 13.9 Å². The van der Waals surface area contributed by atoms with Crippen LogP contribution in [-0.2, 0) is 13.2 Å². The molecule has 0 radical (unpaired) electrons. The summed E-state index contributed by atoms with van der Waals surface area (Å²) in [4.78, 5) is 16.6. The predicted molar refractivity (Wildman–Crippen MR) is 110 cm³/mol. The topological polar surface area (TPSA) is 69.0 Å². The van der Waals surface area contributed by atoms with Crippen molar-refractivity contribution in [1.29, 1.82) is 0 Å². The lowest BCUT2D eigenvalue weighted by Gasteiger charge is -2.09. The van der Waals surface area contributed by atoms with Crippen molar-refractivity contribution in [1.82, 2.24) is 14.8 Å². The van der Waals surface area contributed by atoms with Crippen LogP contribution in [0.4, 0.5) is 10.1 Å². The number of rotatable bonds is 9. The Morgan fingerprint density at radius 3 is 2.90 bits per heavy atom. The number of halogens is 3. The van der Waals surface area contributed by atoms with E-state index in [-0.39, 0.29) is 24.9 Å². The van der Waals surface area contributed by atoms with E-state index in [0.717, 1.165) is 5.56 Å². The molecule has 0 fully saturated rings. The standard InChI is InChI=1S/C20H19Cl2FN4O2/c21-15-3-4-17(22)19(10-15)29-13-14-5-7-24-18(9-14)20(28)26-16-11-25-27(12-16)8-2-1-6-23/h3-5,7,9-12H,1-2,6,8,13H2,(H,26,28). The van der Waals surface area contributed by atoms with E-state index in [9.17, 15) is 9.18 Å². The molecule has 1 N–H and O–H groups in total. The Balaban J connectivity index is 1.60. The average molecular weight is 437 g/mol. The molecule has 0 atom stereocenters. The van der Waals surface area contributed by atoms with Gasteiger partial charge in [-0.1, -0.05) is 23.2 Å². The lowest BCUT2D eigenvalue weighted by Crippen LogP contribution is -2.14. The van der Waals surface area contributed by atoms with Crippen LogP contribution < -0.4 is 10.1 Å². The molecule has 2 heterocycles. The minimum Gasteiger partial charge on any atom is -0.487 e. The molecule has 0 aliphatic rings. The van der Waals surface area contributed by atoms with E-state index < -0.39 is 0 Å². The number of ether oxygens (including phenoxy) is 1. The number of aromatic nitrogens is 3. The summed E-state index contributed by atoms with van der Waals surface area (Å²) in [5, 5.41) is 7.86. The van der Waals surface area contributed by atoms with Gasteiger partial charge in [-0.3, -0.25) is 18.9 Å². The van der Waals surface area contributed by atoms with Gasteiger partial charge in [-0.2, -0.15) is 5.10 Å². The number of amides is 1. The van der Waals surface area contributed by atoms with Crippen molar-refractivity contribution in [3.63, 3.8) is 0 Å². The largest absolute Gasteiger partial charge is 0.487 e. The number of alkyl halides is 1. The number of hydrogen-bond acceptors (Lipinski definition) is 4. The highest BCUT2D eigenvalue weighted by molar-refractivity contribution is 6.34. The minimum absolute atomic E-state index is 0.204. The summed E-state index contributed by atoms with van der Waals surface area (Å²) >= 11 is 12.0. The minimum atomic E-state index is -0.365. The van der Waals surface area contributed by atoms with Crippen LogP contribution in [0.3, 0.4) is 0 Å². The Morgan fingerprint density at radius 1 is 1.21 bits per heavy atom. The first kappa shape index (κ1) is 21.1. The van der Waals surface area contributed by atoms with Gasteiger partial charge >= 0.3 is 0 Å². The number of benzene rings is 1. The maximum Gasteiger partial charge on any atom is 0.274 e. The van der Waals surface area contributed by atoms with Crippen LogP contribution in [0.25, 0.3) is 0 Å². The fraction of sp³-hybridized carbons (Fsp3) is 0.250. The number of carbonyl (C=O) groups is 1. The highest BCUT2D eigenvalue weighted by Gasteiger charge is 2.11. The molecule has 152 valence electrons. The fourth-order valence-electron chi connectivity index (χ4n) is 2.55. The van der Waals surface area contributed by atoms with Gasteiger partial charge in [0.05, 0.1) is 23.6 Å². The maximum absolute atomic E-state index is 12.5. The van der Waals surface area contributed by atoms with Gasteiger partial charge in [-0.05, 0) is 42.7 Å². The van der Waals surface area contributed by atoms with Crippen LogP contribution >= 0.6 is 23.2 Å². The Hall–Kier alpha value is -2.64. The average Bonchev–Trinajstić information content (AvgIpc) is 3.16. The summed E-state index contributed by atoms with van der Waals surface area (Å²) in [7, 11) is 0. The molecule has 29 heavy (non-hydrogen) atoms. The summed E-state index contributed by atoms with van der Waals surface area (Å²) in [5.74, 6) is 0.0955. The summed E-state index contributed by atoms with van der Waals surface area (Å²) in [6.07, 6.45) is 5.95. The van der Waals surface area contributed by atoms with Gasteiger partial charge in [0.2, 0.25) is 0 Å². The van der Waals surface area contributed by atoms with E-state index in [0.29, 0.717) is 40.9 Å². The first-order chi connectivity index (χ1) is 14.0. The molecule has 0 spiro atoms. The van der Waals surface area contributed by atoms with Crippen molar-refractivity contribution in [2.75, 3.05) is 12.0 Å². The molecule has 1 aromatic carbocycles. The predicted octanol–water partition coefficient (Wildman–Crippen LogP) is 5.17. The van der Waals surface area contributed by atoms with Gasteiger partial charge in [0, 0.05) is 30.0 Å². The first-order valence-electron chi connectivity index (χ1n) is 8.97. The molecule has 0 aliphatic carbocycles. The molecule has 0 unspecified atom stereocenters. The van der Waals surface area contributed by atoms with Crippen LogP contribution in [0.1, 0.15) is 28.9 Å². The summed E-state index contributed by atoms with van der Waals surface area (Å²) in [6, 6.07) is 8.35. The van der Waals surface area contributed by atoms with Gasteiger partial charge in [0.25, 0.3) is 5.91 Å². The van der Waals surface area contributed by atoms with E-state index in [1.54, 1.807) is 47.4 Å². The zero-order chi connectivity index (χ0) is 20.6. The van der Waals surface area contributed by atoms with E-state index >= 15 is 0 Å². The van der Waals surface area contributed by atoms with Crippen LogP contribution in [0.2, 0.25) is 10.0 Å². The van der Waals surface area contributed by atoms with Crippen LogP contribution in [-0.4, -0.2) is 27.3 Å². The molecular weight excluding hydrogens is 418 g/mol. The zero-order valence-corrected chi connectivity index (χ0v) is 17.0. The molecular formula is C20H19Cl2FN4O2. The smallest absolute Gasteiger partial charge is 0.274 e.